The number of phenols is 1. The SMILES string of the molecule is COc1ccc(C=NC2CCCCC2)c(O)c1. The average molecular weight is 233 g/mol. The quantitative estimate of drug-likeness (QED) is 0.815. The summed E-state index contributed by atoms with van der Waals surface area (Å²) in [4.78, 5) is 4.54. The van der Waals surface area contributed by atoms with Crippen LogP contribution in [0.4, 0.5) is 0 Å². The summed E-state index contributed by atoms with van der Waals surface area (Å²) in [5.74, 6) is 0.890. The van der Waals surface area contributed by atoms with E-state index in [1.807, 2.05) is 12.1 Å². The molecular weight excluding hydrogens is 214 g/mol. The summed E-state index contributed by atoms with van der Waals surface area (Å²) in [7, 11) is 1.59. The summed E-state index contributed by atoms with van der Waals surface area (Å²) in [5.41, 5.74) is 0.761. The van der Waals surface area contributed by atoms with E-state index in [9.17, 15) is 5.11 Å². The zero-order valence-corrected chi connectivity index (χ0v) is 10.2. The minimum absolute atomic E-state index is 0.226. The van der Waals surface area contributed by atoms with Crippen LogP contribution in [0.3, 0.4) is 0 Å². The number of benzene rings is 1. The first-order chi connectivity index (χ1) is 8.29. The second-order valence-corrected chi connectivity index (χ2v) is 4.49. The molecule has 0 amide bonds. The van der Waals surface area contributed by atoms with Crippen LogP contribution in [0.15, 0.2) is 23.2 Å². The van der Waals surface area contributed by atoms with Gasteiger partial charge < -0.3 is 9.84 Å². The number of aliphatic imine (C=N–C) groups is 1. The molecule has 1 aliphatic carbocycles. The average Bonchev–Trinajstić information content (AvgIpc) is 2.38. The highest BCUT2D eigenvalue weighted by molar-refractivity contribution is 5.83. The standard InChI is InChI=1S/C14H19NO2/c1-17-13-8-7-11(14(16)9-13)10-15-12-5-3-2-4-6-12/h7-10,12,16H,2-6H2,1H3. The van der Waals surface area contributed by atoms with Crippen molar-refractivity contribution in [2.45, 2.75) is 38.1 Å². The molecule has 0 atom stereocenters. The third kappa shape index (κ3) is 3.22. The van der Waals surface area contributed by atoms with Gasteiger partial charge in [-0.25, -0.2) is 0 Å². The minimum Gasteiger partial charge on any atom is -0.507 e. The van der Waals surface area contributed by atoms with Crippen molar-refractivity contribution in [3.05, 3.63) is 23.8 Å². The van der Waals surface area contributed by atoms with Crippen LogP contribution in [-0.4, -0.2) is 24.5 Å². The van der Waals surface area contributed by atoms with Gasteiger partial charge in [-0.15, -0.1) is 0 Å². The summed E-state index contributed by atoms with van der Waals surface area (Å²) >= 11 is 0. The minimum atomic E-state index is 0.226. The van der Waals surface area contributed by atoms with Crippen LogP contribution in [0.1, 0.15) is 37.7 Å². The second-order valence-electron chi connectivity index (χ2n) is 4.49. The number of ether oxygens (including phenoxy) is 1. The van der Waals surface area contributed by atoms with Crippen LogP contribution in [0.2, 0.25) is 0 Å². The summed E-state index contributed by atoms with van der Waals surface area (Å²) in [6.07, 6.45) is 8.01. The number of aromatic hydroxyl groups is 1. The molecule has 0 spiro atoms. The van der Waals surface area contributed by atoms with E-state index in [4.69, 9.17) is 4.74 Å². The van der Waals surface area contributed by atoms with Gasteiger partial charge in [-0.2, -0.15) is 0 Å². The van der Waals surface area contributed by atoms with Crippen LogP contribution in [0.5, 0.6) is 11.5 Å². The maximum Gasteiger partial charge on any atom is 0.128 e. The molecule has 17 heavy (non-hydrogen) atoms. The van der Waals surface area contributed by atoms with Crippen molar-refractivity contribution in [3.63, 3.8) is 0 Å². The van der Waals surface area contributed by atoms with Crippen molar-refractivity contribution < 1.29 is 9.84 Å². The lowest BCUT2D eigenvalue weighted by Crippen LogP contribution is -2.09. The fraction of sp³-hybridized carbons (Fsp3) is 0.500. The van der Waals surface area contributed by atoms with Crippen LogP contribution in [0, 0.1) is 0 Å². The van der Waals surface area contributed by atoms with Crippen LogP contribution in [-0.2, 0) is 0 Å². The first-order valence-electron chi connectivity index (χ1n) is 6.20. The first kappa shape index (κ1) is 12.0. The zero-order valence-electron chi connectivity index (χ0n) is 10.2. The molecule has 0 saturated heterocycles. The van der Waals surface area contributed by atoms with E-state index < -0.39 is 0 Å². The van der Waals surface area contributed by atoms with Gasteiger partial charge in [0.25, 0.3) is 0 Å². The van der Waals surface area contributed by atoms with Crippen LogP contribution < -0.4 is 4.74 Å². The maximum absolute atomic E-state index is 9.78. The summed E-state index contributed by atoms with van der Waals surface area (Å²) < 4.78 is 5.04. The Labute approximate surface area is 102 Å². The molecule has 0 bridgehead atoms. The fourth-order valence-corrected chi connectivity index (χ4v) is 2.18. The second kappa shape index (κ2) is 5.71. The monoisotopic (exact) mass is 233 g/mol. The highest BCUT2D eigenvalue weighted by Gasteiger charge is 2.11. The van der Waals surface area contributed by atoms with E-state index in [-0.39, 0.29) is 5.75 Å². The Hall–Kier alpha value is -1.51. The number of rotatable bonds is 3. The van der Waals surface area contributed by atoms with E-state index in [0.717, 1.165) is 5.56 Å². The van der Waals surface area contributed by atoms with E-state index in [1.165, 1.54) is 32.1 Å². The molecule has 3 nitrogen and oxygen atoms in total. The Morgan fingerprint density at radius 2 is 2.06 bits per heavy atom. The molecule has 0 unspecified atom stereocenters. The highest BCUT2D eigenvalue weighted by Crippen LogP contribution is 2.23. The Balaban J connectivity index is 2.04. The summed E-state index contributed by atoms with van der Waals surface area (Å²) in [5, 5.41) is 9.78. The van der Waals surface area contributed by atoms with Gasteiger partial charge in [-0.05, 0) is 25.0 Å². The Bertz CT molecular complexity index is 395. The first-order valence-corrected chi connectivity index (χ1v) is 6.20. The van der Waals surface area contributed by atoms with Crippen molar-refractivity contribution in [2.75, 3.05) is 7.11 Å². The van der Waals surface area contributed by atoms with Gasteiger partial charge >= 0.3 is 0 Å². The van der Waals surface area contributed by atoms with Crippen LogP contribution in [0.25, 0.3) is 0 Å². The van der Waals surface area contributed by atoms with Crippen molar-refractivity contribution in [3.8, 4) is 11.5 Å². The van der Waals surface area contributed by atoms with Gasteiger partial charge in [0, 0.05) is 23.9 Å². The molecular formula is C14H19NO2. The van der Waals surface area contributed by atoms with Crippen LogP contribution >= 0.6 is 0 Å². The fourth-order valence-electron chi connectivity index (χ4n) is 2.18. The topological polar surface area (TPSA) is 41.8 Å². The number of nitrogens with zero attached hydrogens (tertiary/aromatic N) is 1. The Morgan fingerprint density at radius 1 is 1.29 bits per heavy atom. The molecule has 3 heteroatoms. The molecule has 1 aromatic rings. The number of hydrogen-bond donors (Lipinski definition) is 1. The number of phenolic OH excluding ortho intramolecular Hbond substituents is 1. The predicted molar refractivity (Wildman–Crippen MR) is 69.1 cm³/mol. The van der Waals surface area contributed by atoms with E-state index >= 15 is 0 Å². The van der Waals surface area contributed by atoms with Crippen molar-refractivity contribution in [1.82, 2.24) is 0 Å². The van der Waals surface area contributed by atoms with E-state index in [1.54, 1.807) is 19.4 Å². The Morgan fingerprint density at radius 3 is 2.71 bits per heavy atom. The molecule has 92 valence electrons. The van der Waals surface area contributed by atoms with Gasteiger partial charge in [0.05, 0.1) is 7.11 Å². The molecule has 1 aromatic carbocycles. The van der Waals surface area contributed by atoms with Gasteiger partial charge in [-0.1, -0.05) is 19.3 Å². The summed E-state index contributed by atoms with van der Waals surface area (Å²) in [6, 6.07) is 5.72. The van der Waals surface area contributed by atoms with Gasteiger partial charge in [-0.3, -0.25) is 4.99 Å². The molecule has 1 saturated carbocycles. The summed E-state index contributed by atoms with van der Waals surface area (Å²) in [6.45, 7) is 0. The largest absolute Gasteiger partial charge is 0.507 e. The Kier molecular flexibility index (Phi) is 4.02. The lowest BCUT2D eigenvalue weighted by Gasteiger charge is -2.17. The molecule has 2 rings (SSSR count). The number of methoxy groups -OCH3 is 1. The van der Waals surface area contributed by atoms with Crippen molar-refractivity contribution >= 4 is 6.21 Å². The van der Waals surface area contributed by atoms with Gasteiger partial charge in [0.2, 0.25) is 0 Å². The van der Waals surface area contributed by atoms with Crippen molar-refractivity contribution in [2.24, 2.45) is 4.99 Å². The van der Waals surface area contributed by atoms with Gasteiger partial charge in [0.15, 0.2) is 0 Å². The third-order valence-corrected chi connectivity index (χ3v) is 3.24. The highest BCUT2D eigenvalue weighted by atomic mass is 16.5. The van der Waals surface area contributed by atoms with E-state index in [0.29, 0.717) is 11.8 Å². The molecule has 1 N–H and O–H groups in total. The number of hydrogen-bond acceptors (Lipinski definition) is 3. The molecule has 1 fully saturated rings. The lowest BCUT2D eigenvalue weighted by atomic mass is 9.96. The predicted octanol–water partition coefficient (Wildman–Crippen LogP) is 3.15. The normalized spacial score (nSPS) is 17.5. The lowest BCUT2D eigenvalue weighted by molar-refractivity contribution is 0.407. The smallest absolute Gasteiger partial charge is 0.128 e. The van der Waals surface area contributed by atoms with Crippen molar-refractivity contribution in [1.29, 1.82) is 0 Å². The van der Waals surface area contributed by atoms with E-state index in [2.05, 4.69) is 4.99 Å². The molecule has 0 aliphatic heterocycles. The zero-order chi connectivity index (χ0) is 12.1. The molecule has 1 aliphatic rings. The molecule has 0 heterocycles. The molecule has 0 aromatic heterocycles. The van der Waals surface area contributed by atoms with Gasteiger partial charge in [0.1, 0.15) is 11.5 Å². The third-order valence-electron chi connectivity index (χ3n) is 3.24. The molecule has 0 radical (unpaired) electrons. The maximum atomic E-state index is 9.78.